The molecule has 0 aromatic carbocycles. The molecule has 0 saturated heterocycles. The van der Waals surface area contributed by atoms with Crippen LogP contribution in [0.5, 0.6) is 0 Å². The second-order valence-corrected chi connectivity index (χ2v) is 6.28. The van der Waals surface area contributed by atoms with E-state index in [4.69, 9.17) is 4.74 Å². The maximum atomic E-state index is 12.1. The van der Waals surface area contributed by atoms with Crippen LogP contribution in [0.4, 0.5) is 5.82 Å². The average Bonchev–Trinajstić information content (AvgIpc) is 2.93. The van der Waals surface area contributed by atoms with Crippen molar-refractivity contribution in [3.63, 3.8) is 0 Å². The third-order valence-corrected chi connectivity index (χ3v) is 3.40. The van der Waals surface area contributed by atoms with Crippen molar-refractivity contribution in [3.8, 4) is 5.95 Å². The number of nitrogens with zero attached hydrogens (tertiary/aromatic N) is 3. The van der Waals surface area contributed by atoms with E-state index in [1.807, 2.05) is 13.8 Å². The van der Waals surface area contributed by atoms with Gasteiger partial charge in [-0.2, -0.15) is 9.78 Å². The van der Waals surface area contributed by atoms with E-state index in [0.29, 0.717) is 31.0 Å². The lowest BCUT2D eigenvalue weighted by atomic mass is 10.4. The van der Waals surface area contributed by atoms with Gasteiger partial charge >= 0.3 is 11.8 Å². The van der Waals surface area contributed by atoms with Crippen LogP contribution in [0.3, 0.4) is 0 Å². The summed E-state index contributed by atoms with van der Waals surface area (Å²) >= 11 is 0. The number of carbonyl (C=O) groups is 2. The van der Waals surface area contributed by atoms with Gasteiger partial charge < -0.3 is 15.4 Å². The molecule has 0 spiro atoms. The first-order chi connectivity index (χ1) is 12.8. The highest BCUT2D eigenvalue weighted by Gasteiger charge is 2.18. The molecule has 0 saturated carbocycles. The Morgan fingerprint density at radius 1 is 1.22 bits per heavy atom. The molecule has 0 unspecified atom stereocenters. The van der Waals surface area contributed by atoms with Crippen LogP contribution in [0.1, 0.15) is 31.7 Å². The lowest BCUT2D eigenvalue weighted by molar-refractivity contribution is -0.136. The van der Waals surface area contributed by atoms with E-state index in [0.717, 1.165) is 0 Å². The topological polar surface area (TPSA) is 131 Å². The zero-order valence-electron chi connectivity index (χ0n) is 15.8. The number of aromatic nitrogens is 4. The molecule has 0 radical (unpaired) electrons. The Hall–Kier alpha value is -3.01. The van der Waals surface area contributed by atoms with Crippen molar-refractivity contribution in [2.24, 2.45) is 0 Å². The number of aryl methyl sites for hydroxylation is 2. The Bertz CT molecular complexity index is 871. The van der Waals surface area contributed by atoms with Gasteiger partial charge in [-0.1, -0.05) is 0 Å². The molecule has 146 valence electrons. The maximum Gasteiger partial charge on any atom is 0.314 e. The minimum atomic E-state index is -0.837. The van der Waals surface area contributed by atoms with Gasteiger partial charge in [-0.3, -0.25) is 19.4 Å². The van der Waals surface area contributed by atoms with Crippen LogP contribution in [0.15, 0.2) is 16.9 Å². The Morgan fingerprint density at radius 2 is 1.96 bits per heavy atom. The summed E-state index contributed by atoms with van der Waals surface area (Å²) in [5.41, 5.74) is 0.741. The van der Waals surface area contributed by atoms with Gasteiger partial charge in [0.1, 0.15) is 5.82 Å². The van der Waals surface area contributed by atoms with Crippen molar-refractivity contribution in [2.45, 2.75) is 40.2 Å². The fourth-order valence-corrected chi connectivity index (χ4v) is 2.26. The molecule has 2 aromatic rings. The first-order valence-corrected chi connectivity index (χ1v) is 8.62. The SMILES string of the molecule is Cc1cc(=O)[nH]c(-n2nc(C)cc2NC(=O)C(=O)NCCCOC(C)C)n1. The van der Waals surface area contributed by atoms with Gasteiger partial charge in [0, 0.05) is 31.0 Å². The number of hydrogen-bond acceptors (Lipinski definition) is 6. The molecule has 10 heteroatoms. The van der Waals surface area contributed by atoms with Crippen LogP contribution < -0.4 is 16.2 Å². The molecule has 0 bridgehead atoms. The number of hydrogen-bond donors (Lipinski definition) is 3. The van der Waals surface area contributed by atoms with Crippen LogP contribution in [-0.2, 0) is 14.3 Å². The van der Waals surface area contributed by atoms with Crippen LogP contribution in [0.25, 0.3) is 5.95 Å². The van der Waals surface area contributed by atoms with Gasteiger partial charge in [0.05, 0.1) is 11.8 Å². The standard InChI is InChI=1S/C17H24N6O4/c1-10(2)27-7-5-6-18-15(25)16(26)20-13-8-12(4)22-23(13)17-19-11(3)9-14(24)21-17/h8-10H,5-7H2,1-4H3,(H,18,25)(H,20,26)(H,19,21,24). The molecule has 0 aliphatic carbocycles. The quantitative estimate of drug-likeness (QED) is 0.475. The van der Waals surface area contributed by atoms with Gasteiger partial charge in [0.25, 0.3) is 5.56 Å². The second kappa shape index (κ2) is 9.08. The number of ether oxygens (including phenoxy) is 1. The number of H-pyrrole nitrogens is 1. The summed E-state index contributed by atoms with van der Waals surface area (Å²) in [6.45, 7) is 8.06. The Labute approximate surface area is 156 Å². The average molecular weight is 376 g/mol. The number of rotatable bonds is 7. The normalized spacial score (nSPS) is 10.9. The number of anilines is 1. The molecule has 2 aromatic heterocycles. The molecule has 2 amide bonds. The van der Waals surface area contributed by atoms with Crippen LogP contribution >= 0.6 is 0 Å². The Kier molecular flexibility index (Phi) is 6.83. The molecular formula is C17H24N6O4. The highest BCUT2D eigenvalue weighted by molar-refractivity contribution is 6.39. The zero-order chi connectivity index (χ0) is 20.0. The molecule has 27 heavy (non-hydrogen) atoms. The number of carbonyl (C=O) groups excluding carboxylic acids is 2. The van der Waals surface area contributed by atoms with Crippen LogP contribution in [0, 0.1) is 13.8 Å². The lowest BCUT2D eigenvalue weighted by Gasteiger charge is -2.09. The van der Waals surface area contributed by atoms with Crippen molar-refractivity contribution in [1.82, 2.24) is 25.1 Å². The fraction of sp³-hybridized carbons (Fsp3) is 0.471. The summed E-state index contributed by atoms with van der Waals surface area (Å²) < 4.78 is 6.64. The van der Waals surface area contributed by atoms with Crippen molar-refractivity contribution >= 4 is 17.6 Å². The third-order valence-electron chi connectivity index (χ3n) is 3.40. The summed E-state index contributed by atoms with van der Waals surface area (Å²) in [7, 11) is 0. The van der Waals surface area contributed by atoms with Gasteiger partial charge in [-0.05, 0) is 34.1 Å². The molecule has 2 rings (SSSR count). The summed E-state index contributed by atoms with van der Waals surface area (Å²) in [6.07, 6.45) is 0.720. The second-order valence-electron chi connectivity index (χ2n) is 6.28. The molecular weight excluding hydrogens is 352 g/mol. The predicted molar refractivity (Wildman–Crippen MR) is 98.8 cm³/mol. The van der Waals surface area contributed by atoms with Crippen molar-refractivity contribution in [1.29, 1.82) is 0 Å². The van der Waals surface area contributed by atoms with E-state index in [9.17, 15) is 14.4 Å². The molecule has 2 heterocycles. The number of aromatic amines is 1. The summed E-state index contributed by atoms with van der Waals surface area (Å²) in [5.74, 6) is -1.23. The summed E-state index contributed by atoms with van der Waals surface area (Å²) in [6, 6.07) is 2.92. The molecule has 0 aliphatic rings. The minimum Gasteiger partial charge on any atom is -0.379 e. The van der Waals surface area contributed by atoms with Crippen molar-refractivity contribution < 1.29 is 14.3 Å². The van der Waals surface area contributed by atoms with E-state index in [-0.39, 0.29) is 23.4 Å². The largest absolute Gasteiger partial charge is 0.379 e. The fourth-order valence-electron chi connectivity index (χ4n) is 2.26. The molecule has 10 nitrogen and oxygen atoms in total. The summed E-state index contributed by atoms with van der Waals surface area (Å²) in [5, 5.41) is 9.21. The molecule has 0 aliphatic heterocycles. The maximum absolute atomic E-state index is 12.1. The lowest BCUT2D eigenvalue weighted by Crippen LogP contribution is -2.36. The molecule has 3 N–H and O–H groups in total. The highest BCUT2D eigenvalue weighted by atomic mass is 16.5. The van der Waals surface area contributed by atoms with Gasteiger partial charge in [0.2, 0.25) is 5.95 Å². The van der Waals surface area contributed by atoms with E-state index < -0.39 is 11.8 Å². The molecule has 0 atom stereocenters. The first-order valence-electron chi connectivity index (χ1n) is 8.62. The number of amides is 2. The minimum absolute atomic E-state index is 0.120. The van der Waals surface area contributed by atoms with Gasteiger partial charge in [-0.25, -0.2) is 4.98 Å². The highest BCUT2D eigenvalue weighted by Crippen LogP contribution is 2.13. The van der Waals surface area contributed by atoms with Crippen molar-refractivity contribution in [2.75, 3.05) is 18.5 Å². The van der Waals surface area contributed by atoms with Gasteiger partial charge in [-0.15, -0.1) is 0 Å². The van der Waals surface area contributed by atoms with Crippen LogP contribution in [0.2, 0.25) is 0 Å². The van der Waals surface area contributed by atoms with Crippen molar-refractivity contribution in [3.05, 3.63) is 33.9 Å². The van der Waals surface area contributed by atoms with E-state index in [2.05, 4.69) is 25.7 Å². The smallest absolute Gasteiger partial charge is 0.314 e. The zero-order valence-corrected chi connectivity index (χ0v) is 15.8. The van der Waals surface area contributed by atoms with Crippen LogP contribution in [-0.4, -0.2) is 50.8 Å². The number of nitrogens with one attached hydrogen (secondary N) is 3. The van der Waals surface area contributed by atoms with Gasteiger partial charge in [0.15, 0.2) is 0 Å². The monoisotopic (exact) mass is 376 g/mol. The van der Waals surface area contributed by atoms with E-state index in [1.54, 1.807) is 19.9 Å². The predicted octanol–water partition coefficient (Wildman–Crippen LogP) is 0.442. The molecule has 0 fully saturated rings. The third kappa shape index (κ3) is 6.03. The Morgan fingerprint density at radius 3 is 2.63 bits per heavy atom. The van der Waals surface area contributed by atoms with E-state index in [1.165, 1.54) is 10.7 Å². The first kappa shape index (κ1) is 20.3. The van der Waals surface area contributed by atoms with E-state index >= 15 is 0 Å². The Balaban J connectivity index is 2.02. The summed E-state index contributed by atoms with van der Waals surface area (Å²) in [4.78, 5) is 42.5.